The first-order chi connectivity index (χ1) is 7.65. The molecule has 0 aromatic carbocycles. The molecule has 1 aromatic rings. The molecule has 0 aliphatic carbocycles. The highest BCUT2D eigenvalue weighted by Crippen LogP contribution is 2.14. The zero-order valence-electron chi connectivity index (χ0n) is 9.77. The Labute approximate surface area is 99.9 Å². The third kappa shape index (κ3) is 3.90. The predicted octanol–water partition coefficient (Wildman–Crippen LogP) is 1.57. The third-order valence-electron chi connectivity index (χ3n) is 2.45. The number of carbonyl (C=O) groups is 1. The molecule has 0 aliphatic heterocycles. The van der Waals surface area contributed by atoms with Gasteiger partial charge in [0.05, 0.1) is 17.7 Å². The van der Waals surface area contributed by atoms with E-state index in [0.29, 0.717) is 19.4 Å². The Balaban J connectivity index is 2.37. The van der Waals surface area contributed by atoms with Gasteiger partial charge in [-0.3, -0.25) is 4.79 Å². The molecule has 0 saturated heterocycles. The second-order valence-corrected chi connectivity index (χ2v) is 4.73. The molecular formula is C11H18N2O2S. The van der Waals surface area contributed by atoms with Gasteiger partial charge in [0.1, 0.15) is 0 Å². The first kappa shape index (κ1) is 13.1. The van der Waals surface area contributed by atoms with Crippen LogP contribution in [-0.2, 0) is 11.3 Å². The first-order valence-corrected chi connectivity index (χ1v) is 6.27. The normalized spacial score (nSPS) is 10.4. The predicted molar refractivity (Wildman–Crippen MR) is 64.3 cm³/mol. The molecule has 1 rings (SSSR count). The topological polar surface area (TPSA) is 53.4 Å². The van der Waals surface area contributed by atoms with E-state index in [4.69, 9.17) is 5.11 Å². The van der Waals surface area contributed by atoms with Crippen LogP contribution in [0, 0.1) is 6.92 Å². The maximum Gasteiger partial charge on any atom is 0.222 e. The van der Waals surface area contributed by atoms with Crippen LogP contribution in [0.5, 0.6) is 0 Å². The number of aromatic nitrogens is 1. The smallest absolute Gasteiger partial charge is 0.222 e. The van der Waals surface area contributed by atoms with Crippen LogP contribution in [0.3, 0.4) is 0 Å². The minimum Gasteiger partial charge on any atom is -0.396 e. The molecule has 0 bridgehead atoms. The van der Waals surface area contributed by atoms with E-state index >= 15 is 0 Å². The van der Waals surface area contributed by atoms with Gasteiger partial charge in [-0.2, -0.15) is 0 Å². The van der Waals surface area contributed by atoms with Crippen molar-refractivity contribution in [2.75, 3.05) is 13.7 Å². The summed E-state index contributed by atoms with van der Waals surface area (Å²) < 4.78 is 0. The van der Waals surface area contributed by atoms with E-state index in [0.717, 1.165) is 17.0 Å². The summed E-state index contributed by atoms with van der Waals surface area (Å²) in [7, 11) is 1.81. The van der Waals surface area contributed by atoms with E-state index in [9.17, 15) is 4.79 Å². The molecule has 0 fully saturated rings. The van der Waals surface area contributed by atoms with Crippen LogP contribution in [0.2, 0.25) is 0 Å². The Hall–Kier alpha value is -0.940. The highest BCUT2D eigenvalue weighted by atomic mass is 32.1. The third-order valence-corrected chi connectivity index (χ3v) is 3.37. The minimum atomic E-state index is 0.126. The van der Waals surface area contributed by atoms with Crippen LogP contribution < -0.4 is 0 Å². The molecule has 0 saturated carbocycles. The zero-order valence-corrected chi connectivity index (χ0v) is 10.6. The second-order valence-electron chi connectivity index (χ2n) is 3.79. The lowest BCUT2D eigenvalue weighted by atomic mass is 10.2. The molecule has 0 atom stereocenters. The molecule has 0 spiro atoms. The fraction of sp³-hybridized carbons (Fsp3) is 0.636. The summed E-state index contributed by atoms with van der Waals surface area (Å²) in [5.74, 6) is 0.126. The van der Waals surface area contributed by atoms with Gasteiger partial charge in [-0.15, -0.1) is 11.3 Å². The number of aryl methyl sites for hydroxylation is 1. The summed E-state index contributed by atoms with van der Waals surface area (Å²) in [5.41, 5.74) is 2.80. The maximum absolute atomic E-state index is 11.7. The van der Waals surface area contributed by atoms with Gasteiger partial charge in [0.2, 0.25) is 5.91 Å². The van der Waals surface area contributed by atoms with Crippen molar-refractivity contribution in [1.82, 2.24) is 9.88 Å². The number of rotatable bonds is 6. The molecule has 0 radical (unpaired) electrons. The van der Waals surface area contributed by atoms with E-state index in [1.165, 1.54) is 0 Å². The summed E-state index contributed by atoms with van der Waals surface area (Å²) in [4.78, 5) is 18.7. The molecule has 90 valence electrons. The maximum atomic E-state index is 11.7. The fourth-order valence-corrected chi connectivity index (χ4v) is 2.19. The molecule has 1 amide bonds. The molecule has 0 unspecified atom stereocenters. The lowest BCUT2D eigenvalue weighted by molar-refractivity contribution is -0.130. The van der Waals surface area contributed by atoms with E-state index in [-0.39, 0.29) is 12.5 Å². The highest BCUT2D eigenvalue weighted by molar-refractivity contribution is 7.09. The SMILES string of the molecule is Cc1ncsc1CN(C)C(=O)CCCCO. The average molecular weight is 242 g/mol. The summed E-state index contributed by atoms with van der Waals surface area (Å²) in [5, 5.41) is 8.63. The van der Waals surface area contributed by atoms with Gasteiger partial charge >= 0.3 is 0 Å². The molecule has 1 aromatic heterocycles. The van der Waals surface area contributed by atoms with Gasteiger partial charge in [-0.05, 0) is 19.8 Å². The van der Waals surface area contributed by atoms with Crippen LogP contribution in [-0.4, -0.2) is 34.6 Å². The fourth-order valence-electron chi connectivity index (χ4n) is 1.36. The molecule has 5 heteroatoms. The number of unbranched alkanes of at least 4 members (excludes halogenated alkanes) is 1. The molecule has 0 aliphatic rings. The minimum absolute atomic E-state index is 0.126. The quantitative estimate of drug-likeness (QED) is 0.770. The number of nitrogens with zero attached hydrogens (tertiary/aromatic N) is 2. The number of aliphatic hydroxyl groups is 1. The molecule has 1 N–H and O–H groups in total. The number of hydrogen-bond acceptors (Lipinski definition) is 4. The van der Waals surface area contributed by atoms with E-state index in [1.807, 2.05) is 6.92 Å². The summed E-state index contributed by atoms with van der Waals surface area (Å²) in [6, 6.07) is 0. The summed E-state index contributed by atoms with van der Waals surface area (Å²) in [6.45, 7) is 2.75. The monoisotopic (exact) mass is 242 g/mol. The van der Waals surface area contributed by atoms with E-state index in [1.54, 1.807) is 28.8 Å². The van der Waals surface area contributed by atoms with Crippen molar-refractivity contribution in [2.45, 2.75) is 32.7 Å². The van der Waals surface area contributed by atoms with Gasteiger partial charge in [-0.1, -0.05) is 0 Å². The molecule has 4 nitrogen and oxygen atoms in total. The number of thiazole rings is 1. The Morgan fingerprint density at radius 3 is 2.88 bits per heavy atom. The second kappa shape index (κ2) is 6.60. The lowest BCUT2D eigenvalue weighted by Gasteiger charge is -2.16. The lowest BCUT2D eigenvalue weighted by Crippen LogP contribution is -2.25. The molecule has 1 heterocycles. The Kier molecular flexibility index (Phi) is 5.42. The van der Waals surface area contributed by atoms with Crippen LogP contribution in [0.4, 0.5) is 0 Å². The van der Waals surface area contributed by atoms with Crippen molar-refractivity contribution >= 4 is 17.2 Å². The standard InChI is InChI=1S/C11H18N2O2S/c1-9-10(16-8-12-9)7-13(2)11(15)5-3-4-6-14/h8,14H,3-7H2,1-2H3. The number of carbonyl (C=O) groups excluding carboxylic acids is 1. The van der Waals surface area contributed by atoms with Crippen molar-refractivity contribution in [3.05, 3.63) is 16.1 Å². The Bertz CT molecular complexity index is 338. The Morgan fingerprint density at radius 1 is 1.56 bits per heavy atom. The number of hydrogen-bond donors (Lipinski definition) is 1. The van der Waals surface area contributed by atoms with Crippen molar-refractivity contribution < 1.29 is 9.90 Å². The number of amides is 1. The van der Waals surface area contributed by atoms with Crippen molar-refractivity contribution in [1.29, 1.82) is 0 Å². The molecule has 16 heavy (non-hydrogen) atoms. The average Bonchev–Trinajstić information content (AvgIpc) is 2.64. The van der Waals surface area contributed by atoms with Gasteiger partial charge in [0.25, 0.3) is 0 Å². The van der Waals surface area contributed by atoms with Crippen molar-refractivity contribution in [3.8, 4) is 0 Å². The van der Waals surface area contributed by atoms with Gasteiger partial charge in [-0.25, -0.2) is 4.98 Å². The van der Waals surface area contributed by atoms with E-state index < -0.39 is 0 Å². The van der Waals surface area contributed by atoms with Crippen LogP contribution in [0.25, 0.3) is 0 Å². The largest absolute Gasteiger partial charge is 0.396 e. The van der Waals surface area contributed by atoms with Crippen LogP contribution >= 0.6 is 11.3 Å². The summed E-state index contributed by atoms with van der Waals surface area (Å²) >= 11 is 1.58. The molecular weight excluding hydrogens is 224 g/mol. The summed E-state index contributed by atoms with van der Waals surface area (Å²) in [6.07, 6.45) is 1.95. The van der Waals surface area contributed by atoms with Gasteiger partial charge < -0.3 is 10.0 Å². The van der Waals surface area contributed by atoms with Crippen LogP contribution in [0.1, 0.15) is 29.8 Å². The first-order valence-electron chi connectivity index (χ1n) is 5.39. The highest BCUT2D eigenvalue weighted by Gasteiger charge is 2.11. The van der Waals surface area contributed by atoms with Crippen molar-refractivity contribution in [2.24, 2.45) is 0 Å². The van der Waals surface area contributed by atoms with Gasteiger partial charge in [0.15, 0.2) is 0 Å². The van der Waals surface area contributed by atoms with E-state index in [2.05, 4.69) is 4.98 Å². The zero-order chi connectivity index (χ0) is 12.0. The van der Waals surface area contributed by atoms with Gasteiger partial charge in [0, 0.05) is 25.0 Å². The Morgan fingerprint density at radius 2 is 2.31 bits per heavy atom. The number of aliphatic hydroxyl groups excluding tert-OH is 1. The van der Waals surface area contributed by atoms with Crippen LogP contribution in [0.15, 0.2) is 5.51 Å². The van der Waals surface area contributed by atoms with Crippen molar-refractivity contribution in [3.63, 3.8) is 0 Å².